The van der Waals surface area contributed by atoms with Crippen LogP contribution in [0.25, 0.3) is 0 Å². The molecule has 5 nitrogen and oxygen atoms in total. The number of anilines is 2. The van der Waals surface area contributed by atoms with E-state index in [0.717, 1.165) is 18.3 Å². The Morgan fingerprint density at radius 2 is 1.95 bits per heavy atom. The number of sulfonamides is 1. The Balaban J connectivity index is 2.47. The molecule has 0 amide bonds. The molecule has 0 fully saturated rings. The number of halogens is 2. The Bertz CT molecular complexity index is 763. The van der Waals surface area contributed by atoms with Crippen molar-refractivity contribution in [1.82, 2.24) is 4.98 Å². The number of hydrogen-bond donors (Lipinski definition) is 2. The minimum absolute atomic E-state index is 0.165. The van der Waals surface area contributed by atoms with Gasteiger partial charge < -0.3 is 5.73 Å². The predicted octanol–water partition coefficient (Wildman–Crippen LogP) is 2.05. The molecule has 1 heterocycles. The molecule has 0 atom stereocenters. The highest BCUT2D eigenvalue weighted by atomic mass is 32.2. The average Bonchev–Trinajstić information content (AvgIpc) is 2.36. The van der Waals surface area contributed by atoms with E-state index in [1.807, 2.05) is 0 Å². The Kier molecular flexibility index (Phi) is 3.58. The van der Waals surface area contributed by atoms with E-state index in [4.69, 9.17) is 5.73 Å². The van der Waals surface area contributed by atoms with Gasteiger partial charge in [-0.2, -0.15) is 0 Å². The number of aromatic nitrogens is 1. The van der Waals surface area contributed by atoms with Crippen molar-refractivity contribution in [2.75, 3.05) is 10.5 Å². The van der Waals surface area contributed by atoms with Crippen LogP contribution < -0.4 is 10.5 Å². The van der Waals surface area contributed by atoms with Crippen molar-refractivity contribution >= 4 is 21.4 Å². The maximum absolute atomic E-state index is 13.4. The molecular weight excluding hydrogens is 288 g/mol. The molecule has 0 aliphatic rings. The van der Waals surface area contributed by atoms with Crippen LogP contribution in [0, 0.1) is 18.6 Å². The molecule has 0 unspecified atom stereocenters. The molecule has 1 aromatic heterocycles. The maximum atomic E-state index is 13.4. The van der Waals surface area contributed by atoms with Crippen LogP contribution in [0.15, 0.2) is 35.5 Å². The zero-order valence-electron chi connectivity index (χ0n) is 10.4. The molecule has 0 saturated heterocycles. The fourth-order valence-electron chi connectivity index (χ4n) is 1.62. The van der Waals surface area contributed by atoms with Gasteiger partial charge in [-0.25, -0.2) is 17.2 Å². The molecule has 2 rings (SSSR count). The minimum Gasteiger partial charge on any atom is -0.396 e. The van der Waals surface area contributed by atoms with E-state index in [9.17, 15) is 17.2 Å². The van der Waals surface area contributed by atoms with E-state index in [0.29, 0.717) is 0 Å². The minimum atomic E-state index is -4.07. The van der Waals surface area contributed by atoms with Crippen molar-refractivity contribution in [1.29, 1.82) is 0 Å². The zero-order valence-corrected chi connectivity index (χ0v) is 11.2. The standard InChI is InChI=1S/C12H11F2N3O2S/c1-7-4-8(13)10(15)5-12(7)20(18,19)17-11-2-3-16-6-9(11)14/h2-6H,15H2,1H3,(H,16,17). The largest absolute Gasteiger partial charge is 0.396 e. The van der Waals surface area contributed by atoms with Crippen LogP contribution in [0.3, 0.4) is 0 Å². The predicted molar refractivity (Wildman–Crippen MR) is 70.6 cm³/mol. The Morgan fingerprint density at radius 3 is 2.60 bits per heavy atom. The maximum Gasteiger partial charge on any atom is 0.262 e. The summed E-state index contributed by atoms with van der Waals surface area (Å²) >= 11 is 0. The summed E-state index contributed by atoms with van der Waals surface area (Å²) in [6, 6.07) is 3.17. The molecule has 3 N–H and O–H groups in total. The number of hydrogen-bond acceptors (Lipinski definition) is 4. The molecule has 0 aliphatic carbocycles. The van der Waals surface area contributed by atoms with Crippen molar-refractivity contribution < 1.29 is 17.2 Å². The van der Waals surface area contributed by atoms with Gasteiger partial charge in [0.15, 0.2) is 5.82 Å². The van der Waals surface area contributed by atoms with E-state index >= 15 is 0 Å². The van der Waals surface area contributed by atoms with Gasteiger partial charge in [0.2, 0.25) is 0 Å². The van der Waals surface area contributed by atoms with E-state index < -0.39 is 21.7 Å². The molecule has 0 aliphatic heterocycles. The van der Waals surface area contributed by atoms with Gasteiger partial charge in [0.25, 0.3) is 10.0 Å². The summed E-state index contributed by atoms with van der Waals surface area (Å²) in [5, 5.41) is 0. The Hall–Kier alpha value is -2.22. The molecule has 1 aromatic carbocycles. The number of benzene rings is 1. The van der Waals surface area contributed by atoms with Crippen molar-refractivity contribution in [2.24, 2.45) is 0 Å². The lowest BCUT2D eigenvalue weighted by molar-refractivity contribution is 0.596. The van der Waals surface area contributed by atoms with Crippen LogP contribution in [0.5, 0.6) is 0 Å². The third kappa shape index (κ3) is 2.69. The first-order valence-electron chi connectivity index (χ1n) is 5.49. The van der Waals surface area contributed by atoms with Crippen LogP contribution in [0.1, 0.15) is 5.56 Å². The topological polar surface area (TPSA) is 85.1 Å². The number of rotatable bonds is 3. The van der Waals surface area contributed by atoms with Crippen molar-refractivity contribution in [3.05, 3.63) is 47.8 Å². The summed E-state index contributed by atoms with van der Waals surface area (Å²) in [5.41, 5.74) is 4.98. The summed E-state index contributed by atoms with van der Waals surface area (Å²) in [6.07, 6.45) is 2.12. The van der Waals surface area contributed by atoms with Crippen LogP contribution in [-0.2, 0) is 10.0 Å². The molecule has 0 saturated carbocycles. The van der Waals surface area contributed by atoms with Crippen LogP contribution in [0.4, 0.5) is 20.2 Å². The Morgan fingerprint density at radius 1 is 1.25 bits per heavy atom. The molecule has 0 radical (unpaired) electrons. The van der Waals surface area contributed by atoms with Gasteiger partial charge in [0, 0.05) is 6.20 Å². The zero-order chi connectivity index (χ0) is 14.9. The number of nitrogens with zero attached hydrogens (tertiary/aromatic N) is 1. The number of nitrogens with one attached hydrogen (secondary N) is 1. The first-order valence-corrected chi connectivity index (χ1v) is 6.97. The van der Waals surface area contributed by atoms with E-state index in [2.05, 4.69) is 9.71 Å². The van der Waals surface area contributed by atoms with Crippen LogP contribution in [0.2, 0.25) is 0 Å². The fourth-order valence-corrected chi connectivity index (χ4v) is 2.95. The highest BCUT2D eigenvalue weighted by molar-refractivity contribution is 7.92. The fraction of sp³-hybridized carbons (Fsp3) is 0.0833. The van der Waals surface area contributed by atoms with Gasteiger partial charge in [-0.1, -0.05) is 0 Å². The summed E-state index contributed by atoms with van der Waals surface area (Å²) < 4.78 is 53.0. The normalized spacial score (nSPS) is 11.3. The molecular formula is C12H11F2N3O2S. The highest BCUT2D eigenvalue weighted by Crippen LogP contribution is 2.24. The molecule has 20 heavy (non-hydrogen) atoms. The lowest BCUT2D eigenvalue weighted by atomic mass is 10.2. The first-order chi connectivity index (χ1) is 9.31. The average molecular weight is 299 g/mol. The number of aryl methyl sites for hydroxylation is 1. The van der Waals surface area contributed by atoms with Crippen molar-refractivity contribution in [3.8, 4) is 0 Å². The second-order valence-electron chi connectivity index (χ2n) is 4.10. The summed E-state index contributed by atoms with van der Waals surface area (Å²) in [6.45, 7) is 1.42. The number of nitrogens with two attached hydrogens (primary N) is 1. The molecule has 8 heteroatoms. The van der Waals surface area contributed by atoms with Crippen molar-refractivity contribution in [3.63, 3.8) is 0 Å². The lowest BCUT2D eigenvalue weighted by Crippen LogP contribution is -2.16. The third-order valence-electron chi connectivity index (χ3n) is 2.60. The number of nitrogen functional groups attached to an aromatic ring is 1. The van der Waals surface area contributed by atoms with E-state index in [-0.39, 0.29) is 21.8 Å². The SMILES string of the molecule is Cc1cc(F)c(N)cc1S(=O)(=O)Nc1ccncc1F. The van der Waals surface area contributed by atoms with Gasteiger partial charge >= 0.3 is 0 Å². The molecule has 2 aromatic rings. The quantitative estimate of drug-likeness (QED) is 0.849. The van der Waals surface area contributed by atoms with Gasteiger partial charge in [-0.15, -0.1) is 0 Å². The Labute approximate surface area is 114 Å². The molecule has 0 spiro atoms. The molecule has 0 bridgehead atoms. The second-order valence-corrected chi connectivity index (χ2v) is 5.75. The van der Waals surface area contributed by atoms with Crippen molar-refractivity contribution in [2.45, 2.75) is 11.8 Å². The van der Waals surface area contributed by atoms with Gasteiger partial charge in [0.1, 0.15) is 5.82 Å². The summed E-state index contributed by atoms with van der Waals surface area (Å²) in [5.74, 6) is -1.53. The van der Waals surface area contributed by atoms with E-state index in [1.165, 1.54) is 19.2 Å². The van der Waals surface area contributed by atoms with E-state index in [1.54, 1.807) is 0 Å². The third-order valence-corrected chi connectivity index (χ3v) is 4.11. The van der Waals surface area contributed by atoms with Gasteiger partial charge in [-0.3, -0.25) is 9.71 Å². The highest BCUT2D eigenvalue weighted by Gasteiger charge is 2.20. The monoisotopic (exact) mass is 299 g/mol. The first kappa shape index (κ1) is 14.2. The number of pyridine rings is 1. The second kappa shape index (κ2) is 5.04. The van der Waals surface area contributed by atoms with Gasteiger partial charge in [0.05, 0.1) is 22.5 Å². The lowest BCUT2D eigenvalue weighted by Gasteiger charge is -2.11. The summed E-state index contributed by atoms with van der Waals surface area (Å²) in [7, 11) is -4.07. The van der Waals surface area contributed by atoms with Crippen LogP contribution in [-0.4, -0.2) is 13.4 Å². The van der Waals surface area contributed by atoms with Gasteiger partial charge in [-0.05, 0) is 30.7 Å². The molecule has 106 valence electrons. The smallest absolute Gasteiger partial charge is 0.262 e. The van der Waals surface area contributed by atoms with Crippen LogP contribution >= 0.6 is 0 Å². The summed E-state index contributed by atoms with van der Waals surface area (Å²) in [4.78, 5) is 3.30.